The van der Waals surface area contributed by atoms with Gasteiger partial charge in [0.1, 0.15) is 5.56 Å². The van der Waals surface area contributed by atoms with Gasteiger partial charge in [0.15, 0.2) is 5.75 Å². The number of carbonyl (C=O) groups is 2. The molecule has 1 aliphatic heterocycles. The fourth-order valence-corrected chi connectivity index (χ4v) is 2.35. The van der Waals surface area contributed by atoms with Gasteiger partial charge in [-0.1, -0.05) is 6.07 Å². The van der Waals surface area contributed by atoms with E-state index < -0.39 is 17.7 Å². The molecule has 7 heteroatoms. The number of nitrogens with one attached hydrogen (secondary N) is 1. The zero-order valence-electron chi connectivity index (χ0n) is 11.9. The summed E-state index contributed by atoms with van der Waals surface area (Å²) in [6.45, 7) is 4.63. The molecular formula is C14H18N2O5. The minimum atomic E-state index is -1.25. The van der Waals surface area contributed by atoms with Crippen molar-refractivity contribution in [2.75, 3.05) is 18.4 Å². The Kier molecular flexibility index (Phi) is 4.32. The van der Waals surface area contributed by atoms with Crippen LogP contribution in [-0.4, -0.2) is 52.4 Å². The Morgan fingerprint density at radius 1 is 1.29 bits per heavy atom. The average molecular weight is 294 g/mol. The zero-order valence-corrected chi connectivity index (χ0v) is 11.9. The molecule has 2 amide bonds. The highest BCUT2D eigenvalue weighted by Crippen LogP contribution is 2.27. The van der Waals surface area contributed by atoms with Gasteiger partial charge >= 0.3 is 12.0 Å². The second kappa shape index (κ2) is 6.01. The first-order chi connectivity index (χ1) is 9.88. The molecule has 0 unspecified atom stereocenters. The van der Waals surface area contributed by atoms with Gasteiger partial charge in [0.2, 0.25) is 0 Å². The Morgan fingerprint density at radius 2 is 1.90 bits per heavy atom. The maximum Gasteiger partial charge on any atom is 0.339 e. The SMILES string of the molecule is C[C@@H]1CN(C(=O)Nc2cccc(C(=O)O)c2O)C[C@H](C)O1. The molecule has 7 nitrogen and oxygen atoms in total. The number of carbonyl (C=O) groups excluding carboxylic acids is 1. The van der Waals surface area contributed by atoms with Crippen molar-refractivity contribution in [1.29, 1.82) is 0 Å². The lowest BCUT2D eigenvalue weighted by Crippen LogP contribution is -2.49. The number of rotatable bonds is 2. The number of aromatic hydroxyl groups is 1. The maximum absolute atomic E-state index is 12.2. The Bertz CT molecular complexity index is 550. The van der Waals surface area contributed by atoms with Crippen molar-refractivity contribution in [3.63, 3.8) is 0 Å². The molecule has 0 spiro atoms. The summed E-state index contributed by atoms with van der Waals surface area (Å²) in [7, 11) is 0. The lowest BCUT2D eigenvalue weighted by atomic mass is 10.1. The van der Waals surface area contributed by atoms with E-state index in [1.54, 1.807) is 4.90 Å². The number of benzene rings is 1. The first kappa shape index (κ1) is 15.1. The van der Waals surface area contributed by atoms with E-state index >= 15 is 0 Å². The predicted octanol–water partition coefficient (Wildman–Crippen LogP) is 1.73. The minimum Gasteiger partial charge on any atom is -0.505 e. The molecule has 1 saturated heterocycles. The Hall–Kier alpha value is -2.28. The van der Waals surface area contributed by atoms with E-state index in [-0.39, 0.29) is 23.5 Å². The van der Waals surface area contributed by atoms with E-state index in [0.29, 0.717) is 13.1 Å². The van der Waals surface area contributed by atoms with Gasteiger partial charge in [0, 0.05) is 13.1 Å². The monoisotopic (exact) mass is 294 g/mol. The van der Waals surface area contributed by atoms with Gasteiger partial charge in [0.25, 0.3) is 0 Å². The van der Waals surface area contributed by atoms with Crippen molar-refractivity contribution in [1.82, 2.24) is 4.90 Å². The van der Waals surface area contributed by atoms with Gasteiger partial charge < -0.3 is 25.2 Å². The number of urea groups is 1. The van der Waals surface area contributed by atoms with Crippen molar-refractivity contribution < 1.29 is 24.5 Å². The molecule has 114 valence electrons. The van der Waals surface area contributed by atoms with E-state index in [1.165, 1.54) is 18.2 Å². The summed E-state index contributed by atoms with van der Waals surface area (Å²) in [5, 5.41) is 21.3. The highest BCUT2D eigenvalue weighted by molar-refractivity contribution is 5.97. The fourth-order valence-electron chi connectivity index (χ4n) is 2.35. The minimum absolute atomic E-state index is 0.0709. The number of carboxylic acids is 1. The largest absolute Gasteiger partial charge is 0.505 e. The van der Waals surface area contributed by atoms with Crippen molar-refractivity contribution in [3.05, 3.63) is 23.8 Å². The lowest BCUT2D eigenvalue weighted by molar-refractivity contribution is -0.0530. The highest BCUT2D eigenvalue weighted by atomic mass is 16.5. The van der Waals surface area contributed by atoms with E-state index in [0.717, 1.165) is 0 Å². The second-order valence-electron chi connectivity index (χ2n) is 5.10. The molecule has 21 heavy (non-hydrogen) atoms. The number of hydrogen-bond donors (Lipinski definition) is 3. The van der Waals surface area contributed by atoms with Gasteiger partial charge in [-0.3, -0.25) is 0 Å². The van der Waals surface area contributed by atoms with Crippen LogP contribution in [0.15, 0.2) is 18.2 Å². The van der Waals surface area contributed by atoms with Crippen LogP contribution in [0, 0.1) is 0 Å². The lowest BCUT2D eigenvalue weighted by Gasteiger charge is -2.35. The van der Waals surface area contributed by atoms with Crippen LogP contribution in [0.2, 0.25) is 0 Å². The normalized spacial score (nSPS) is 21.9. The topological polar surface area (TPSA) is 99.1 Å². The van der Waals surface area contributed by atoms with E-state index in [2.05, 4.69) is 5.32 Å². The van der Waals surface area contributed by atoms with E-state index in [4.69, 9.17) is 9.84 Å². The predicted molar refractivity (Wildman–Crippen MR) is 75.7 cm³/mol. The number of carboxylic acid groups (broad SMARTS) is 1. The summed E-state index contributed by atoms with van der Waals surface area (Å²) in [4.78, 5) is 24.7. The number of anilines is 1. The molecule has 0 aliphatic carbocycles. The van der Waals surface area contributed by atoms with Gasteiger partial charge in [0.05, 0.1) is 17.9 Å². The third-order valence-corrected chi connectivity index (χ3v) is 3.21. The molecular weight excluding hydrogens is 276 g/mol. The van der Waals surface area contributed by atoms with Crippen molar-refractivity contribution in [3.8, 4) is 5.75 Å². The Balaban J connectivity index is 2.13. The van der Waals surface area contributed by atoms with Crippen LogP contribution < -0.4 is 5.32 Å². The summed E-state index contributed by atoms with van der Waals surface area (Å²) in [5.41, 5.74) is -0.178. The number of amides is 2. The average Bonchev–Trinajstić information content (AvgIpc) is 2.39. The quantitative estimate of drug-likeness (QED) is 0.721. The summed E-state index contributed by atoms with van der Waals surface area (Å²) in [6, 6.07) is 3.79. The summed E-state index contributed by atoms with van der Waals surface area (Å²) in [6.07, 6.45) is -0.142. The first-order valence-corrected chi connectivity index (χ1v) is 6.65. The smallest absolute Gasteiger partial charge is 0.339 e. The summed E-state index contributed by atoms with van der Waals surface area (Å²) in [5.74, 6) is -1.70. The third kappa shape index (κ3) is 3.43. The van der Waals surface area contributed by atoms with E-state index in [1.807, 2.05) is 13.8 Å². The molecule has 0 radical (unpaired) electrons. The summed E-state index contributed by atoms with van der Waals surface area (Å²) < 4.78 is 5.54. The molecule has 3 N–H and O–H groups in total. The summed E-state index contributed by atoms with van der Waals surface area (Å²) >= 11 is 0. The first-order valence-electron chi connectivity index (χ1n) is 6.65. The number of phenols is 1. The molecule has 1 aromatic rings. The van der Waals surface area contributed by atoms with Crippen LogP contribution in [0.4, 0.5) is 10.5 Å². The third-order valence-electron chi connectivity index (χ3n) is 3.21. The Labute approximate surface area is 122 Å². The Morgan fingerprint density at radius 3 is 2.48 bits per heavy atom. The van der Waals surface area contributed by atoms with E-state index in [9.17, 15) is 14.7 Å². The van der Waals surface area contributed by atoms with Gasteiger partial charge in [-0.2, -0.15) is 0 Å². The van der Waals surface area contributed by atoms with Gasteiger partial charge in [-0.25, -0.2) is 9.59 Å². The number of aromatic carboxylic acids is 1. The number of morpholine rings is 1. The van der Waals surface area contributed by atoms with Crippen molar-refractivity contribution >= 4 is 17.7 Å². The number of para-hydroxylation sites is 1. The van der Waals surface area contributed by atoms with Gasteiger partial charge in [-0.15, -0.1) is 0 Å². The van der Waals surface area contributed by atoms with Crippen LogP contribution in [0.5, 0.6) is 5.75 Å². The molecule has 0 aromatic heterocycles. The van der Waals surface area contributed by atoms with Crippen molar-refractivity contribution in [2.45, 2.75) is 26.1 Å². The molecule has 2 atom stereocenters. The van der Waals surface area contributed by atoms with Crippen molar-refractivity contribution in [2.24, 2.45) is 0 Å². The molecule has 0 bridgehead atoms. The van der Waals surface area contributed by atoms with Crippen LogP contribution in [0.3, 0.4) is 0 Å². The fraction of sp³-hybridized carbons (Fsp3) is 0.429. The molecule has 1 aromatic carbocycles. The maximum atomic E-state index is 12.2. The molecule has 1 aliphatic rings. The molecule has 1 fully saturated rings. The van der Waals surface area contributed by atoms with Crippen LogP contribution >= 0.6 is 0 Å². The van der Waals surface area contributed by atoms with Gasteiger partial charge in [-0.05, 0) is 26.0 Å². The van der Waals surface area contributed by atoms with Crippen LogP contribution in [-0.2, 0) is 4.74 Å². The molecule has 1 heterocycles. The molecule has 0 saturated carbocycles. The van der Waals surface area contributed by atoms with Crippen LogP contribution in [0.1, 0.15) is 24.2 Å². The number of hydrogen-bond acceptors (Lipinski definition) is 4. The highest BCUT2D eigenvalue weighted by Gasteiger charge is 2.26. The van der Waals surface area contributed by atoms with Crippen LogP contribution in [0.25, 0.3) is 0 Å². The standard InChI is InChI=1S/C14H18N2O5/c1-8-6-16(7-9(2)21-8)14(20)15-11-5-3-4-10(12(11)17)13(18)19/h3-5,8-9,17H,6-7H2,1-2H3,(H,15,20)(H,18,19)/t8-,9+. The second-order valence-corrected chi connectivity index (χ2v) is 5.10. The molecule has 2 rings (SSSR count). The number of ether oxygens (including phenoxy) is 1. The number of nitrogens with zero attached hydrogens (tertiary/aromatic N) is 1. The zero-order chi connectivity index (χ0) is 15.6.